The SMILES string of the molecule is CN(C)CCNCCOc1cccc(C(=O)O)c1. The molecule has 0 aliphatic rings. The van der Waals surface area contributed by atoms with Crippen LogP contribution in [0.4, 0.5) is 0 Å². The Morgan fingerprint density at radius 3 is 2.83 bits per heavy atom. The largest absolute Gasteiger partial charge is 0.492 e. The quantitative estimate of drug-likeness (QED) is 0.674. The van der Waals surface area contributed by atoms with Gasteiger partial charge in [-0.2, -0.15) is 0 Å². The maximum Gasteiger partial charge on any atom is 0.335 e. The summed E-state index contributed by atoms with van der Waals surface area (Å²) >= 11 is 0. The van der Waals surface area contributed by atoms with Crippen LogP contribution in [0.1, 0.15) is 10.4 Å². The van der Waals surface area contributed by atoms with Crippen molar-refractivity contribution >= 4 is 5.97 Å². The maximum atomic E-state index is 10.8. The number of nitrogens with one attached hydrogen (secondary N) is 1. The summed E-state index contributed by atoms with van der Waals surface area (Å²) in [6, 6.07) is 6.51. The molecule has 0 saturated heterocycles. The van der Waals surface area contributed by atoms with E-state index in [1.807, 2.05) is 14.1 Å². The van der Waals surface area contributed by atoms with E-state index in [1.54, 1.807) is 18.2 Å². The topological polar surface area (TPSA) is 61.8 Å². The number of carbonyl (C=O) groups is 1. The molecule has 1 rings (SSSR count). The smallest absolute Gasteiger partial charge is 0.335 e. The summed E-state index contributed by atoms with van der Waals surface area (Å²) in [5.74, 6) is -0.353. The van der Waals surface area contributed by atoms with Gasteiger partial charge >= 0.3 is 5.97 Å². The zero-order valence-corrected chi connectivity index (χ0v) is 10.8. The Kier molecular flexibility index (Phi) is 6.18. The van der Waals surface area contributed by atoms with Crippen LogP contribution < -0.4 is 10.1 Å². The standard InChI is InChI=1S/C13H20N2O3/c1-15(2)8-6-14-7-9-18-12-5-3-4-11(10-12)13(16)17/h3-5,10,14H,6-9H2,1-2H3,(H,16,17). The minimum absolute atomic E-state index is 0.244. The molecule has 5 heteroatoms. The monoisotopic (exact) mass is 252 g/mol. The Balaban J connectivity index is 2.23. The van der Waals surface area contributed by atoms with Crippen LogP contribution in [0.2, 0.25) is 0 Å². The first kappa shape index (κ1) is 14.5. The van der Waals surface area contributed by atoms with E-state index in [-0.39, 0.29) is 5.56 Å². The van der Waals surface area contributed by atoms with Gasteiger partial charge in [-0.3, -0.25) is 0 Å². The lowest BCUT2D eigenvalue weighted by molar-refractivity contribution is 0.0696. The number of benzene rings is 1. The van der Waals surface area contributed by atoms with Crippen LogP contribution in [0, 0.1) is 0 Å². The van der Waals surface area contributed by atoms with Gasteiger partial charge in [0.05, 0.1) is 5.56 Å². The summed E-state index contributed by atoms with van der Waals surface area (Å²) in [4.78, 5) is 12.9. The van der Waals surface area contributed by atoms with Gasteiger partial charge in [-0.15, -0.1) is 0 Å². The Labute approximate surface area is 107 Å². The predicted octanol–water partition coefficient (Wildman–Crippen LogP) is 0.915. The van der Waals surface area contributed by atoms with Gasteiger partial charge in [0.25, 0.3) is 0 Å². The molecule has 0 aliphatic heterocycles. The van der Waals surface area contributed by atoms with Crippen LogP contribution in [0.15, 0.2) is 24.3 Å². The average Bonchev–Trinajstić information content (AvgIpc) is 2.33. The lowest BCUT2D eigenvalue weighted by atomic mass is 10.2. The van der Waals surface area contributed by atoms with Crippen molar-refractivity contribution in [2.24, 2.45) is 0 Å². The number of carboxylic acids is 1. The molecule has 0 spiro atoms. The molecular formula is C13H20N2O3. The second-order valence-electron chi connectivity index (χ2n) is 4.23. The van der Waals surface area contributed by atoms with Crippen molar-refractivity contribution < 1.29 is 14.6 Å². The molecule has 0 aromatic heterocycles. The molecule has 0 atom stereocenters. The highest BCUT2D eigenvalue weighted by atomic mass is 16.5. The van der Waals surface area contributed by atoms with E-state index in [4.69, 9.17) is 9.84 Å². The van der Waals surface area contributed by atoms with Crippen molar-refractivity contribution in [1.29, 1.82) is 0 Å². The maximum absolute atomic E-state index is 10.8. The number of likely N-dealkylation sites (N-methyl/N-ethyl adjacent to an activating group) is 1. The fourth-order valence-corrected chi connectivity index (χ4v) is 1.39. The minimum atomic E-state index is -0.940. The number of nitrogens with zero attached hydrogens (tertiary/aromatic N) is 1. The Morgan fingerprint density at radius 1 is 1.39 bits per heavy atom. The molecule has 2 N–H and O–H groups in total. The Bertz CT molecular complexity index is 380. The molecule has 18 heavy (non-hydrogen) atoms. The summed E-state index contributed by atoms with van der Waals surface area (Å²) in [5, 5.41) is 12.1. The van der Waals surface area contributed by atoms with Crippen molar-refractivity contribution in [2.75, 3.05) is 40.3 Å². The summed E-state index contributed by atoms with van der Waals surface area (Å²) in [6.07, 6.45) is 0. The predicted molar refractivity (Wildman–Crippen MR) is 70.3 cm³/mol. The highest BCUT2D eigenvalue weighted by Gasteiger charge is 2.03. The van der Waals surface area contributed by atoms with Gasteiger partial charge in [0, 0.05) is 19.6 Å². The first-order valence-electron chi connectivity index (χ1n) is 5.91. The van der Waals surface area contributed by atoms with Gasteiger partial charge in [-0.05, 0) is 32.3 Å². The number of ether oxygens (including phenoxy) is 1. The fraction of sp³-hybridized carbons (Fsp3) is 0.462. The van der Waals surface area contributed by atoms with Gasteiger partial charge < -0.3 is 20.1 Å². The van der Waals surface area contributed by atoms with Crippen LogP contribution in [-0.2, 0) is 0 Å². The number of carboxylic acid groups (broad SMARTS) is 1. The highest BCUT2D eigenvalue weighted by molar-refractivity contribution is 5.87. The van der Waals surface area contributed by atoms with Gasteiger partial charge in [-0.1, -0.05) is 6.07 Å². The summed E-state index contributed by atoms with van der Waals surface area (Å²) in [5.41, 5.74) is 0.244. The lowest BCUT2D eigenvalue weighted by Gasteiger charge is -2.11. The van der Waals surface area contributed by atoms with Gasteiger partial charge in [-0.25, -0.2) is 4.79 Å². The van der Waals surface area contributed by atoms with Gasteiger partial charge in [0.1, 0.15) is 12.4 Å². The third-order valence-electron chi connectivity index (χ3n) is 2.36. The van der Waals surface area contributed by atoms with E-state index in [9.17, 15) is 4.79 Å². The van der Waals surface area contributed by atoms with Crippen molar-refractivity contribution in [3.8, 4) is 5.75 Å². The molecule has 1 aromatic carbocycles. The van der Waals surface area contributed by atoms with E-state index < -0.39 is 5.97 Å². The van der Waals surface area contributed by atoms with E-state index in [0.717, 1.165) is 19.6 Å². The summed E-state index contributed by atoms with van der Waals surface area (Å²) in [7, 11) is 4.05. The summed E-state index contributed by atoms with van der Waals surface area (Å²) < 4.78 is 5.46. The fourth-order valence-electron chi connectivity index (χ4n) is 1.39. The third kappa shape index (κ3) is 5.65. The van der Waals surface area contributed by atoms with Crippen molar-refractivity contribution in [1.82, 2.24) is 10.2 Å². The Hall–Kier alpha value is -1.59. The average molecular weight is 252 g/mol. The van der Waals surface area contributed by atoms with Crippen LogP contribution in [0.5, 0.6) is 5.75 Å². The van der Waals surface area contributed by atoms with Crippen molar-refractivity contribution in [3.05, 3.63) is 29.8 Å². The van der Waals surface area contributed by atoms with Crippen molar-refractivity contribution in [2.45, 2.75) is 0 Å². The van der Waals surface area contributed by atoms with Crippen LogP contribution in [0.25, 0.3) is 0 Å². The molecule has 5 nitrogen and oxygen atoms in total. The van der Waals surface area contributed by atoms with E-state index >= 15 is 0 Å². The van der Waals surface area contributed by atoms with Crippen LogP contribution >= 0.6 is 0 Å². The number of aromatic carboxylic acids is 1. The van der Waals surface area contributed by atoms with E-state index in [0.29, 0.717) is 12.4 Å². The molecule has 100 valence electrons. The van der Waals surface area contributed by atoms with Crippen LogP contribution in [-0.4, -0.2) is 56.3 Å². The van der Waals surface area contributed by atoms with E-state index in [2.05, 4.69) is 10.2 Å². The molecule has 0 amide bonds. The molecular weight excluding hydrogens is 232 g/mol. The zero-order valence-electron chi connectivity index (χ0n) is 10.8. The molecule has 0 saturated carbocycles. The second kappa shape index (κ2) is 7.68. The molecule has 0 radical (unpaired) electrons. The molecule has 0 bridgehead atoms. The molecule has 0 aliphatic carbocycles. The molecule has 1 aromatic rings. The molecule has 0 heterocycles. The number of hydrogen-bond donors (Lipinski definition) is 2. The summed E-state index contributed by atoms with van der Waals surface area (Å²) in [6.45, 7) is 3.15. The normalized spacial score (nSPS) is 10.6. The Morgan fingerprint density at radius 2 is 2.17 bits per heavy atom. The zero-order chi connectivity index (χ0) is 13.4. The first-order valence-corrected chi connectivity index (χ1v) is 5.91. The number of rotatable bonds is 8. The molecule has 0 fully saturated rings. The number of hydrogen-bond acceptors (Lipinski definition) is 4. The molecule has 0 unspecified atom stereocenters. The highest BCUT2D eigenvalue weighted by Crippen LogP contribution is 2.12. The van der Waals surface area contributed by atoms with Crippen molar-refractivity contribution in [3.63, 3.8) is 0 Å². The van der Waals surface area contributed by atoms with Crippen LogP contribution in [0.3, 0.4) is 0 Å². The lowest BCUT2D eigenvalue weighted by Crippen LogP contribution is -2.29. The van der Waals surface area contributed by atoms with Gasteiger partial charge in [0.15, 0.2) is 0 Å². The van der Waals surface area contributed by atoms with Gasteiger partial charge in [0.2, 0.25) is 0 Å². The minimum Gasteiger partial charge on any atom is -0.492 e. The third-order valence-corrected chi connectivity index (χ3v) is 2.36. The first-order chi connectivity index (χ1) is 8.59. The second-order valence-corrected chi connectivity index (χ2v) is 4.23. The van der Waals surface area contributed by atoms with E-state index in [1.165, 1.54) is 6.07 Å².